The van der Waals surface area contributed by atoms with Crippen LogP contribution < -0.4 is 5.56 Å². The van der Waals surface area contributed by atoms with Crippen LogP contribution in [0.1, 0.15) is 17.5 Å². The minimum Gasteiger partial charge on any atom is -0.385 e. The number of benzene rings is 1. The van der Waals surface area contributed by atoms with Crippen LogP contribution in [0.25, 0.3) is 11.7 Å². The zero-order valence-corrected chi connectivity index (χ0v) is 20.1. The van der Waals surface area contributed by atoms with E-state index in [-0.39, 0.29) is 11.5 Å². The number of fused-ring (bicyclic) bond motifs is 1. The number of pyridine rings is 1. The molecule has 0 atom stereocenters. The van der Waals surface area contributed by atoms with Crippen molar-refractivity contribution < 1.29 is 9.53 Å². The van der Waals surface area contributed by atoms with Crippen LogP contribution in [0.2, 0.25) is 0 Å². The van der Waals surface area contributed by atoms with Gasteiger partial charge in [0.15, 0.2) is 0 Å². The zero-order valence-electron chi connectivity index (χ0n) is 17.6. The van der Waals surface area contributed by atoms with Gasteiger partial charge >= 0.3 is 0 Å². The number of methoxy groups -OCH3 is 1. The van der Waals surface area contributed by atoms with Crippen LogP contribution in [-0.2, 0) is 9.53 Å². The van der Waals surface area contributed by atoms with Crippen molar-refractivity contribution in [3.63, 3.8) is 0 Å². The Labute approximate surface area is 199 Å². The number of aryl methyl sites for hydroxylation is 1. The van der Waals surface area contributed by atoms with Gasteiger partial charge in [-0.05, 0) is 43.2 Å². The predicted octanol–water partition coefficient (Wildman–Crippen LogP) is 4.39. The van der Waals surface area contributed by atoms with E-state index in [9.17, 15) is 9.59 Å². The second-order valence-electron chi connectivity index (χ2n) is 7.17. The van der Waals surface area contributed by atoms with Crippen LogP contribution in [0.4, 0.5) is 0 Å². The Hall–Kier alpha value is -2.46. The van der Waals surface area contributed by atoms with Crippen molar-refractivity contribution in [3.8, 4) is 0 Å². The summed E-state index contributed by atoms with van der Waals surface area (Å²) in [6, 6.07) is 13.5. The van der Waals surface area contributed by atoms with Gasteiger partial charge in [-0.15, -0.1) is 0 Å². The number of rotatable bonds is 7. The Morgan fingerprint density at radius 3 is 2.72 bits per heavy atom. The molecule has 0 bridgehead atoms. The molecule has 3 aromatic rings. The molecule has 4 rings (SSSR count). The summed E-state index contributed by atoms with van der Waals surface area (Å²) in [5, 5.41) is 0.551. The van der Waals surface area contributed by atoms with Crippen molar-refractivity contribution in [1.82, 2.24) is 14.3 Å². The summed E-state index contributed by atoms with van der Waals surface area (Å²) in [5.74, 6) is -0.194. The summed E-state index contributed by atoms with van der Waals surface area (Å²) in [6.45, 7) is 2.95. The molecule has 1 fully saturated rings. The predicted molar refractivity (Wildman–Crippen MR) is 133 cm³/mol. The van der Waals surface area contributed by atoms with Crippen LogP contribution in [0.5, 0.6) is 0 Å². The average molecular weight is 484 g/mol. The summed E-state index contributed by atoms with van der Waals surface area (Å²) >= 11 is 8.02. The first-order valence-corrected chi connectivity index (χ1v) is 12.0. The van der Waals surface area contributed by atoms with E-state index in [4.69, 9.17) is 21.9 Å². The smallest absolute Gasteiger partial charge is 0.266 e. The first-order chi connectivity index (χ1) is 15.5. The molecular weight excluding hydrogens is 462 g/mol. The molecule has 1 saturated heterocycles. The topological polar surface area (TPSA) is 63.9 Å². The molecular formula is C23H21N3O3S3. The molecule has 1 aromatic carbocycles. The average Bonchev–Trinajstić information content (AvgIpc) is 3.05. The summed E-state index contributed by atoms with van der Waals surface area (Å²) in [7, 11) is 1.62. The molecule has 32 heavy (non-hydrogen) atoms. The molecule has 1 aliphatic rings. The van der Waals surface area contributed by atoms with E-state index in [0.29, 0.717) is 45.0 Å². The van der Waals surface area contributed by atoms with Gasteiger partial charge in [-0.3, -0.25) is 18.9 Å². The molecule has 9 heteroatoms. The second-order valence-corrected chi connectivity index (χ2v) is 9.90. The first kappa shape index (κ1) is 22.7. The zero-order chi connectivity index (χ0) is 22.7. The van der Waals surface area contributed by atoms with E-state index in [1.54, 1.807) is 24.3 Å². The van der Waals surface area contributed by atoms with Crippen molar-refractivity contribution in [2.45, 2.75) is 23.3 Å². The van der Waals surface area contributed by atoms with E-state index in [0.717, 1.165) is 10.5 Å². The van der Waals surface area contributed by atoms with E-state index < -0.39 is 0 Å². The van der Waals surface area contributed by atoms with Crippen molar-refractivity contribution >= 4 is 57.7 Å². The van der Waals surface area contributed by atoms with E-state index in [2.05, 4.69) is 0 Å². The van der Waals surface area contributed by atoms with Crippen molar-refractivity contribution in [1.29, 1.82) is 0 Å². The number of hydrogen-bond donors (Lipinski definition) is 0. The molecule has 1 amide bonds. The van der Waals surface area contributed by atoms with Gasteiger partial charge in [-0.2, -0.15) is 0 Å². The third-order valence-corrected chi connectivity index (χ3v) is 7.20. The lowest BCUT2D eigenvalue weighted by atomic mass is 10.2. The molecule has 0 N–H and O–H groups in total. The summed E-state index contributed by atoms with van der Waals surface area (Å²) in [6.07, 6.45) is 4.07. The number of carbonyl (C=O) groups excluding carboxylic acids is 1. The lowest BCUT2D eigenvalue weighted by Crippen LogP contribution is -2.29. The maximum atomic E-state index is 13.4. The Kier molecular flexibility index (Phi) is 7.10. The number of carbonyl (C=O) groups is 1. The van der Waals surface area contributed by atoms with E-state index >= 15 is 0 Å². The third kappa shape index (κ3) is 4.80. The highest BCUT2D eigenvalue weighted by atomic mass is 32.2. The first-order valence-electron chi connectivity index (χ1n) is 9.98. The number of thiocarbonyl (C=S) groups is 1. The second kappa shape index (κ2) is 9.99. The SMILES string of the molecule is COCCCN1C(=O)/C(=C/c2c(Sc3ccccc3)nc3ccc(C)cn3c2=O)SC1=S. The molecule has 164 valence electrons. The number of thioether (sulfide) groups is 1. The van der Waals surface area contributed by atoms with Gasteiger partial charge in [-0.25, -0.2) is 4.98 Å². The molecule has 1 aliphatic heterocycles. The van der Waals surface area contributed by atoms with Crippen molar-refractivity contribution in [2.75, 3.05) is 20.3 Å². The number of amides is 1. The van der Waals surface area contributed by atoms with Crippen molar-refractivity contribution in [3.05, 3.63) is 75.0 Å². The Morgan fingerprint density at radius 2 is 1.97 bits per heavy atom. The standard InChI is InChI=1S/C23H21N3O3S3/c1-15-9-10-19-24-20(31-16-7-4-3-5-8-16)17(21(27)26(19)14-15)13-18-22(28)25(23(30)32-18)11-6-12-29-2/h3-5,7-10,13-14H,6,11-12H2,1-2H3/b18-13-. The number of hydrogen-bond acceptors (Lipinski definition) is 7. The Bertz CT molecular complexity index is 1270. The van der Waals surface area contributed by atoms with Crippen LogP contribution in [-0.4, -0.2) is 44.8 Å². The summed E-state index contributed by atoms with van der Waals surface area (Å²) < 4.78 is 7.08. The van der Waals surface area contributed by atoms with Gasteiger partial charge in [0.25, 0.3) is 11.5 Å². The molecule has 3 heterocycles. The quantitative estimate of drug-likeness (QED) is 0.214. The molecule has 0 saturated carbocycles. The Balaban J connectivity index is 1.79. The maximum Gasteiger partial charge on any atom is 0.266 e. The van der Waals surface area contributed by atoms with E-state index in [1.807, 2.05) is 49.4 Å². The number of aromatic nitrogens is 2. The van der Waals surface area contributed by atoms with Gasteiger partial charge in [0.05, 0.1) is 10.5 Å². The minimum atomic E-state index is -0.221. The molecule has 6 nitrogen and oxygen atoms in total. The monoisotopic (exact) mass is 483 g/mol. The summed E-state index contributed by atoms with van der Waals surface area (Å²) in [5.41, 5.74) is 1.66. The molecule has 2 aromatic heterocycles. The van der Waals surface area contributed by atoms with Crippen molar-refractivity contribution in [2.24, 2.45) is 0 Å². The fourth-order valence-electron chi connectivity index (χ4n) is 3.23. The Morgan fingerprint density at radius 1 is 1.19 bits per heavy atom. The van der Waals surface area contributed by atoms with E-state index in [1.165, 1.54) is 27.9 Å². The lowest BCUT2D eigenvalue weighted by molar-refractivity contribution is -0.122. The molecule has 0 unspecified atom stereocenters. The normalized spacial score (nSPS) is 15.3. The summed E-state index contributed by atoms with van der Waals surface area (Å²) in [4.78, 5) is 34.1. The van der Waals surface area contributed by atoms with Gasteiger partial charge in [0.2, 0.25) is 0 Å². The van der Waals surface area contributed by atoms with Gasteiger partial charge in [0, 0.05) is 31.4 Å². The highest BCUT2D eigenvalue weighted by Gasteiger charge is 2.32. The number of nitrogens with zero attached hydrogens (tertiary/aromatic N) is 3. The molecule has 0 aliphatic carbocycles. The van der Waals surface area contributed by atoms with Gasteiger partial charge < -0.3 is 4.74 Å². The van der Waals surface area contributed by atoms with Crippen LogP contribution in [0.15, 0.2) is 68.3 Å². The maximum absolute atomic E-state index is 13.4. The van der Waals surface area contributed by atoms with Crippen LogP contribution >= 0.6 is 35.7 Å². The fourth-order valence-corrected chi connectivity index (χ4v) is 5.43. The highest BCUT2D eigenvalue weighted by molar-refractivity contribution is 8.26. The van der Waals surface area contributed by atoms with Gasteiger partial charge in [-0.1, -0.05) is 60.0 Å². The third-order valence-electron chi connectivity index (χ3n) is 4.81. The molecule has 0 spiro atoms. The number of ether oxygens (including phenoxy) is 1. The lowest BCUT2D eigenvalue weighted by Gasteiger charge is -2.13. The van der Waals surface area contributed by atoms with Gasteiger partial charge in [0.1, 0.15) is 15.0 Å². The molecule has 0 radical (unpaired) electrons. The van der Waals surface area contributed by atoms with Crippen LogP contribution in [0.3, 0.4) is 0 Å². The largest absolute Gasteiger partial charge is 0.385 e. The van der Waals surface area contributed by atoms with Crippen LogP contribution in [0, 0.1) is 6.92 Å². The minimum absolute atomic E-state index is 0.194. The highest BCUT2D eigenvalue weighted by Crippen LogP contribution is 2.35. The fraction of sp³-hybridized carbons (Fsp3) is 0.217.